The summed E-state index contributed by atoms with van der Waals surface area (Å²) < 4.78 is 0. The Hall–Kier alpha value is -1.00. The average molecular weight is 346 g/mol. The van der Waals surface area contributed by atoms with Crippen molar-refractivity contribution in [3.8, 4) is 0 Å². The lowest BCUT2D eigenvalue weighted by molar-refractivity contribution is -0.218. The van der Waals surface area contributed by atoms with Crippen LogP contribution in [0.15, 0.2) is 11.6 Å². The van der Waals surface area contributed by atoms with E-state index in [2.05, 4.69) is 6.92 Å². The summed E-state index contributed by atoms with van der Waals surface area (Å²) in [4.78, 5) is 24.1. The maximum atomic E-state index is 12.2. The Labute approximate surface area is 149 Å². The van der Waals surface area contributed by atoms with Crippen LogP contribution >= 0.6 is 0 Å². The first-order chi connectivity index (χ1) is 11.6. The zero-order valence-electron chi connectivity index (χ0n) is 15.5. The summed E-state index contributed by atoms with van der Waals surface area (Å²) in [6.45, 7) is 5.81. The van der Waals surface area contributed by atoms with Gasteiger partial charge in [0.05, 0.1) is 11.7 Å². The number of ketones is 2. The Morgan fingerprint density at radius 1 is 1.20 bits per heavy atom. The van der Waals surface area contributed by atoms with Gasteiger partial charge >= 0.3 is 0 Å². The Kier molecular flexibility index (Phi) is 3.66. The number of hydrogen-bond acceptors (Lipinski definition) is 4. The number of carbonyl (C=O) groups excluding carboxylic acids is 2. The standard InChI is InChI=1S/C21H30O4/c1-12(22)15-7-9-21(25)16-5-4-13-10-14(23)6-8-19(13,2)18(16)17(24)11-20(15,21)3/h10,15-18,24-25H,4-9,11H2,1-3H3/t15-,16-,17+,18-,19+,20-,21-/m1/s1. The molecule has 138 valence electrons. The van der Waals surface area contributed by atoms with Gasteiger partial charge in [-0.2, -0.15) is 0 Å². The molecule has 0 unspecified atom stereocenters. The number of aliphatic hydroxyl groups excluding tert-OH is 1. The van der Waals surface area contributed by atoms with Crippen molar-refractivity contribution in [3.05, 3.63) is 11.6 Å². The molecule has 0 aromatic carbocycles. The summed E-state index contributed by atoms with van der Waals surface area (Å²) in [6, 6.07) is 0. The van der Waals surface area contributed by atoms with Gasteiger partial charge in [0.2, 0.25) is 0 Å². The monoisotopic (exact) mass is 346 g/mol. The highest BCUT2D eigenvalue weighted by Crippen LogP contribution is 2.68. The van der Waals surface area contributed by atoms with Crippen molar-refractivity contribution >= 4 is 11.6 Å². The second kappa shape index (κ2) is 5.26. The van der Waals surface area contributed by atoms with E-state index in [0.717, 1.165) is 31.3 Å². The van der Waals surface area contributed by atoms with Crippen molar-refractivity contribution < 1.29 is 19.8 Å². The van der Waals surface area contributed by atoms with Crippen LogP contribution in [0.1, 0.15) is 65.7 Å². The third-order valence-electron chi connectivity index (χ3n) is 8.58. The van der Waals surface area contributed by atoms with Crippen LogP contribution in [-0.2, 0) is 9.59 Å². The molecule has 0 aromatic heterocycles. The largest absolute Gasteiger partial charge is 0.393 e. The van der Waals surface area contributed by atoms with E-state index >= 15 is 0 Å². The van der Waals surface area contributed by atoms with Crippen LogP contribution in [-0.4, -0.2) is 33.5 Å². The SMILES string of the molecule is CC(=O)[C@H]1CC[C@@]2(O)[C@@H]3CCC4=CC(=O)CC[C@]4(C)[C@H]3[C@@H](O)C[C@]12C. The maximum Gasteiger partial charge on any atom is 0.155 e. The molecule has 4 heteroatoms. The van der Waals surface area contributed by atoms with Crippen molar-refractivity contribution in [1.82, 2.24) is 0 Å². The van der Waals surface area contributed by atoms with Gasteiger partial charge in [0.25, 0.3) is 0 Å². The van der Waals surface area contributed by atoms with E-state index in [1.54, 1.807) is 13.0 Å². The molecule has 3 fully saturated rings. The van der Waals surface area contributed by atoms with Crippen molar-refractivity contribution in [2.24, 2.45) is 28.6 Å². The zero-order valence-corrected chi connectivity index (χ0v) is 15.5. The van der Waals surface area contributed by atoms with Crippen LogP contribution in [0.25, 0.3) is 0 Å². The van der Waals surface area contributed by atoms with Gasteiger partial charge < -0.3 is 10.2 Å². The summed E-state index contributed by atoms with van der Waals surface area (Å²) in [5.74, 6) is 0.142. The molecule has 4 aliphatic rings. The van der Waals surface area contributed by atoms with Crippen LogP contribution in [0.4, 0.5) is 0 Å². The van der Waals surface area contributed by atoms with Gasteiger partial charge in [-0.05, 0) is 68.8 Å². The van der Waals surface area contributed by atoms with Crippen LogP contribution in [0.5, 0.6) is 0 Å². The van der Waals surface area contributed by atoms with Gasteiger partial charge in [-0.25, -0.2) is 0 Å². The summed E-state index contributed by atoms with van der Waals surface area (Å²) in [6.07, 6.45) is 6.03. The maximum absolute atomic E-state index is 12.2. The number of aliphatic hydroxyl groups is 2. The van der Waals surface area contributed by atoms with Crippen LogP contribution in [0, 0.1) is 28.6 Å². The van der Waals surface area contributed by atoms with E-state index in [9.17, 15) is 19.8 Å². The fourth-order valence-electron chi connectivity index (χ4n) is 7.29. The van der Waals surface area contributed by atoms with E-state index < -0.39 is 17.1 Å². The first-order valence-corrected chi connectivity index (χ1v) is 9.78. The molecule has 0 saturated heterocycles. The molecule has 4 nitrogen and oxygen atoms in total. The first kappa shape index (κ1) is 17.4. The molecule has 2 N–H and O–H groups in total. The van der Waals surface area contributed by atoms with E-state index in [1.807, 2.05) is 6.92 Å². The van der Waals surface area contributed by atoms with Gasteiger partial charge in [0.1, 0.15) is 5.78 Å². The van der Waals surface area contributed by atoms with E-state index in [0.29, 0.717) is 19.3 Å². The molecule has 0 amide bonds. The minimum absolute atomic E-state index is 0.000882. The quantitative estimate of drug-likeness (QED) is 0.766. The summed E-state index contributed by atoms with van der Waals surface area (Å²) >= 11 is 0. The van der Waals surface area contributed by atoms with Gasteiger partial charge in [-0.3, -0.25) is 9.59 Å². The van der Waals surface area contributed by atoms with Crippen molar-refractivity contribution in [3.63, 3.8) is 0 Å². The van der Waals surface area contributed by atoms with Crippen LogP contribution < -0.4 is 0 Å². The minimum atomic E-state index is -0.886. The highest BCUT2D eigenvalue weighted by atomic mass is 16.3. The second-order valence-electron chi connectivity index (χ2n) is 9.54. The Bertz CT molecular complexity index is 667. The molecule has 3 saturated carbocycles. The number of Topliss-reactive ketones (excluding diaryl/α,β-unsaturated/α-hetero) is 1. The summed E-state index contributed by atoms with van der Waals surface area (Å²) in [5.41, 5.74) is -0.468. The van der Waals surface area contributed by atoms with Crippen molar-refractivity contribution in [2.45, 2.75) is 77.4 Å². The molecular formula is C21H30O4. The normalized spacial score (nSPS) is 52.0. The van der Waals surface area contributed by atoms with Gasteiger partial charge in [-0.1, -0.05) is 19.4 Å². The number of hydrogen-bond donors (Lipinski definition) is 2. The third-order valence-corrected chi connectivity index (χ3v) is 8.58. The van der Waals surface area contributed by atoms with Crippen LogP contribution in [0.2, 0.25) is 0 Å². The smallest absolute Gasteiger partial charge is 0.155 e. The third kappa shape index (κ3) is 2.07. The average Bonchev–Trinajstić information content (AvgIpc) is 2.79. The Morgan fingerprint density at radius 2 is 1.92 bits per heavy atom. The zero-order chi connectivity index (χ0) is 18.2. The van der Waals surface area contributed by atoms with Crippen LogP contribution in [0.3, 0.4) is 0 Å². The highest BCUT2D eigenvalue weighted by Gasteiger charge is 2.69. The lowest BCUT2D eigenvalue weighted by Crippen LogP contribution is -2.65. The number of rotatable bonds is 1. The van der Waals surface area contributed by atoms with Gasteiger partial charge in [0.15, 0.2) is 5.78 Å². The molecule has 0 radical (unpaired) electrons. The predicted octanol–water partition coefficient (Wildman–Crippen LogP) is 2.81. The number of allylic oxidation sites excluding steroid dienone is 1. The molecule has 4 rings (SSSR count). The fraction of sp³-hybridized carbons (Fsp3) is 0.810. The van der Waals surface area contributed by atoms with Gasteiger partial charge in [-0.15, -0.1) is 0 Å². The highest BCUT2D eigenvalue weighted by molar-refractivity contribution is 5.91. The Balaban J connectivity index is 1.78. The van der Waals surface area contributed by atoms with Crippen molar-refractivity contribution in [1.29, 1.82) is 0 Å². The van der Waals surface area contributed by atoms with E-state index in [4.69, 9.17) is 0 Å². The summed E-state index contributed by atoms with van der Waals surface area (Å²) in [5, 5.41) is 23.0. The lowest BCUT2D eigenvalue weighted by atomic mass is 9.44. The molecule has 0 bridgehead atoms. The molecule has 0 spiro atoms. The topological polar surface area (TPSA) is 74.6 Å². The van der Waals surface area contributed by atoms with E-state index in [1.165, 1.54) is 0 Å². The van der Waals surface area contributed by atoms with E-state index in [-0.39, 0.29) is 34.7 Å². The molecule has 25 heavy (non-hydrogen) atoms. The molecule has 4 aliphatic carbocycles. The second-order valence-corrected chi connectivity index (χ2v) is 9.54. The number of carbonyl (C=O) groups is 2. The van der Waals surface area contributed by atoms with Crippen molar-refractivity contribution in [2.75, 3.05) is 0 Å². The minimum Gasteiger partial charge on any atom is -0.393 e. The summed E-state index contributed by atoms with van der Waals surface area (Å²) in [7, 11) is 0. The predicted molar refractivity (Wildman–Crippen MR) is 93.7 cm³/mol. The molecule has 0 aliphatic heterocycles. The number of fused-ring (bicyclic) bond motifs is 5. The fourth-order valence-corrected chi connectivity index (χ4v) is 7.29. The Morgan fingerprint density at radius 3 is 2.60 bits per heavy atom. The lowest BCUT2D eigenvalue weighted by Gasteiger charge is -2.62. The van der Waals surface area contributed by atoms with Gasteiger partial charge in [0, 0.05) is 17.8 Å². The molecular weight excluding hydrogens is 316 g/mol. The molecule has 7 atom stereocenters. The first-order valence-electron chi connectivity index (χ1n) is 9.78. The molecule has 0 aromatic rings. The molecule has 0 heterocycles.